The van der Waals surface area contributed by atoms with Crippen molar-refractivity contribution in [3.63, 3.8) is 0 Å². The smallest absolute Gasteiger partial charge is 0.251 e. The fraction of sp³-hybridized carbons (Fsp3) is 0.240. The molecule has 0 radical (unpaired) electrons. The number of carbonyl (C=O) groups is 1. The van der Waals surface area contributed by atoms with E-state index in [0.29, 0.717) is 18.7 Å². The van der Waals surface area contributed by atoms with Crippen LogP contribution in [0, 0.1) is 0 Å². The lowest BCUT2D eigenvalue weighted by Gasteiger charge is -2.24. The van der Waals surface area contributed by atoms with Crippen LogP contribution in [0.3, 0.4) is 0 Å². The Kier molecular flexibility index (Phi) is 6.38. The number of likely N-dealkylation sites (N-methyl/N-ethyl adjacent to an activating group) is 1. The van der Waals surface area contributed by atoms with Gasteiger partial charge >= 0.3 is 0 Å². The number of carbonyl (C=O) groups excluding carboxylic acids is 1. The van der Waals surface area contributed by atoms with E-state index >= 15 is 0 Å². The Morgan fingerprint density at radius 3 is 2.39 bits per heavy atom. The minimum Gasteiger partial charge on any atom is -0.350 e. The molecule has 0 saturated carbocycles. The highest BCUT2D eigenvalue weighted by Gasteiger charge is 2.14. The Labute approximate surface area is 182 Å². The molecule has 0 fully saturated rings. The Morgan fingerprint density at radius 2 is 1.65 bits per heavy atom. The van der Waals surface area contributed by atoms with E-state index in [4.69, 9.17) is 0 Å². The average molecular weight is 414 g/mol. The maximum atomic E-state index is 12.7. The monoisotopic (exact) mass is 413 g/mol. The summed E-state index contributed by atoms with van der Waals surface area (Å²) in [7, 11) is 4.09. The number of rotatable bonds is 8. The fourth-order valence-corrected chi connectivity index (χ4v) is 3.60. The maximum Gasteiger partial charge on any atom is 0.251 e. The second kappa shape index (κ2) is 9.53. The normalized spacial score (nSPS) is 12.2. The lowest BCUT2D eigenvalue weighted by molar-refractivity contribution is 0.0941. The third kappa shape index (κ3) is 5.16. The third-order valence-electron chi connectivity index (χ3n) is 5.51. The average Bonchev–Trinajstić information content (AvgIpc) is 3.20. The van der Waals surface area contributed by atoms with E-state index in [1.54, 1.807) is 0 Å². The second-order valence-corrected chi connectivity index (χ2v) is 7.95. The molecule has 31 heavy (non-hydrogen) atoms. The van der Waals surface area contributed by atoms with E-state index in [2.05, 4.69) is 32.7 Å². The van der Waals surface area contributed by atoms with Crippen LogP contribution < -0.4 is 5.32 Å². The molecule has 0 aliphatic rings. The van der Waals surface area contributed by atoms with Crippen molar-refractivity contribution in [1.29, 1.82) is 0 Å². The number of nitrogens with zero attached hydrogens (tertiary/aromatic N) is 4. The molecule has 0 bridgehead atoms. The van der Waals surface area contributed by atoms with Gasteiger partial charge in [0.05, 0.1) is 12.1 Å². The first-order valence-electron chi connectivity index (χ1n) is 10.5. The van der Waals surface area contributed by atoms with E-state index in [-0.39, 0.29) is 11.9 Å². The number of hydrogen-bond acceptors (Lipinski definition) is 4. The van der Waals surface area contributed by atoms with Gasteiger partial charge in [-0.15, -0.1) is 5.10 Å². The van der Waals surface area contributed by atoms with Crippen LogP contribution in [0.5, 0.6) is 0 Å². The Balaban J connectivity index is 1.36. The van der Waals surface area contributed by atoms with Crippen molar-refractivity contribution in [1.82, 2.24) is 25.2 Å². The summed E-state index contributed by atoms with van der Waals surface area (Å²) in [5.74, 6) is -0.0577. The lowest BCUT2D eigenvalue weighted by Crippen LogP contribution is -2.41. The first-order chi connectivity index (χ1) is 15.1. The van der Waals surface area contributed by atoms with Crippen molar-refractivity contribution in [3.8, 4) is 0 Å². The molecule has 1 aromatic heterocycles. The molecule has 1 heterocycles. The summed E-state index contributed by atoms with van der Waals surface area (Å²) >= 11 is 0. The van der Waals surface area contributed by atoms with Crippen molar-refractivity contribution < 1.29 is 4.79 Å². The number of aromatic nitrogens is 3. The van der Waals surface area contributed by atoms with Crippen LogP contribution in [-0.4, -0.2) is 52.5 Å². The zero-order valence-corrected chi connectivity index (χ0v) is 17.9. The van der Waals surface area contributed by atoms with Crippen LogP contribution >= 0.6 is 0 Å². The first-order valence-corrected chi connectivity index (χ1v) is 10.5. The number of amides is 1. The standard InChI is InChI=1S/C25H27N5O/c1-29(2)22(16-19-8-4-3-5-9-19)17-26-25(31)21-14-12-20(13-15-21)18-30-24-11-7-6-10-23(24)27-28-30/h3-15,22H,16-18H2,1-2H3,(H,26,31). The van der Waals surface area contributed by atoms with Crippen LogP contribution in [0.15, 0.2) is 78.9 Å². The van der Waals surface area contributed by atoms with Gasteiger partial charge in [-0.3, -0.25) is 4.79 Å². The second-order valence-electron chi connectivity index (χ2n) is 7.95. The quantitative estimate of drug-likeness (QED) is 0.481. The zero-order valence-electron chi connectivity index (χ0n) is 17.9. The molecule has 0 spiro atoms. The minimum atomic E-state index is -0.0577. The largest absolute Gasteiger partial charge is 0.350 e. The number of hydrogen-bond donors (Lipinski definition) is 1. The molecule has 1 amide bonds. The van der Waals surface area contributed by atoms with Gasteiger partial charge in [-0.25, -0.2) is 4.68 Å². The Bertz CT molecular complexity index is 1140. The van der Waals surface area contributed by atoms with E-state index in [9.17, 15) is 4.79 Å². The van der Waals surface area contributed by atoms with Gasteiger partial charge in [0, 0.05) is 18.2 Å². The van der Waals surface area contributed by atoms with Crippen LogP contribution in [0.2, 0.25) is 0 Å². The predicted molar refractivity (Wildman–Crippen MR) is 123 cm³/mol. The number of benzene rings is 3. The van der Waals surface area contributed by atoms with Gasteiger partial charge < -0.3 is 10.2 Å². The molecule has 1 N–H and O–H groups in total. The summed E-state index contributed by atoms with van der Waals surface area (Å²) < 4.78 is 1.87. The van der Waals surface area contributed by atoms with Gasteiger partial charge in [0.1, 0.15) is 5.52 Å². The molecule has 1 atom stereocenters. The van der Waals surface area contributed by atoms with E-state index < -0.39 is 0 Å². The Morgan fingerprint density at radius 1 is 0.935 bits per heavy atom. The molecule has 4 aromatic rings. The van der Waals surface area contributed by atoms with Crippen molar-refractivity contribution in [2.24, 2.45) is 0 Å². The van der Waals surface area contributed by atoms with Gasteiger partial charge in [-0.2, -0.15) is 0 Å². The Hall–Kier alpha value is -3.51. The van der Waals surface area contributed by atoms with Gasteiger partial charge in [0.2, 0.25) is 0 Å². The van der Waals surface area contributed by atoms with Crippen LogP contribution in [0.25, 0.3) is 11.0 Å². The summed E-state index contributed by atoms with van der Waals surface area (Å²) in [6, 6.07) is 26.1. The lowest BCUT2D eigenvalue weighted by atomic mass is 10.0. The van der Waals surface area contributed by atoms with Crippen molar-refractivity contribution >= 4 is 16.9 Å². The zero-order chi connectivity index (χ0) is 21.6. The minimum absolute atomic E-state index is 0.0577. The molecule has 6 nitrogen and oxygen atoms in total. The van der Waals surface area contributed by atoms with Crippen LogP contribution in [-0.2, 0) is 13.0 Å². The van der Waals surface area contributed by atoms with Crippen molar-refractivity contribution in [2.75, 3.05) is 20.6 Å². The fourth-order valence-electron chi connectivity index (χ4n) is 3.60. The van der Waals surface area contributed by atoms with Crippen LogP contribution in [0.4, 0.5) is 0 Å². The molecular weight excluding hydrogens is 386 g/mol. The first kappa shape index (κ1) is 20.8. The van der Waals surface area contributed by atoms with Gasteiger partial charge in [-0.05, 0) is 55.9 Å². The molecule has 4 rings (SSSR count). The molecule has 0 aliphatic heterocycles. The number of nitrogens with one attached hydrogen (secondary N) is 1. The molecule has 0 aliphatic carbocycles. The summed E-state index contributed by atoms with van der Waals surface area (Å²) in [6.45, 7) is 1.20. The third-order valence-corrected chi connectivity index (χ3v) is 5.51. The highest BCUT2D eigenvalue weighted by atomic mass is 16.1. The summed E-state index contributed by atoms with van der Waals surface area (Å²) in [5, 5.41) is 11.5. The van der Waals surface area contributed by atoms with E-state index in [0.717, 1.165) is 23.0 Å². The molecule has 1 unspecified atom stereocenters. The van der Waals surface area contributed by atoms with Gasteiger partial charge in [-0.1, -0.05) is 59.8 Å². The maximum absolute atomic E-state index is 12.7. The molecular formula is C25H27N5O. The number of para-hydroxylation sites is 1. The van der Waals surface area contributed by atoms with Crippen LogP contribution in [0.1, 0.15) is 21.5 Å². The molecule has 0 saturated heterocycles. The number of fused-ring (bicyclic) bond motifs is 1. The van der Waals surface area contributed by atoms with Gasteiger partial charge in [0.15, 0.2) is 0 Å². The topological polar surface area (TPSA) is 63.1 Å². The highest BCUT2D eigenvalue weighted by molar-refractivity contribution is 5.94. The SMILES string of the molecule is CN(C)C(CNC(=O)c1ccc(Cn2nnc3ccccc32)cc1)Cc1ccccc1. The molecule has 6 heteroatoms. The molecule has 3 aromatic carbocycles. The summed E-state index contributed by atoms with van der Waals surface area (Å²) in [4.78, 5) is 14.8. The van der Waals surface area contributed by atoms with Crippen molar-refractivity contribution in [2.45, 2.75) is 19.0 Å². The highest BCUT2D eigenvalue weighted by Crippen LogP contribution is 2.13. The summed E-state index contributed by atoms with van der Waals surface area (Å²) in [6.07, 6.45) is 0.888. The molecule has 158 valence electrons. The van der Waals surface area contributed by atoms with E-state index in [1.807, 2.05) is 85.5 Å². The predicted octanol–water partition coefficient (Wildman–Crippen LogP) is 3.38. The van der Waals surface area contributed by atoms with E-state index in [1.165, 1.54) is 5.56 Å². The summed E-state index contributed by atoms with van der Waals surface area (Å²) in [5.41, 5.74) is 4.87. The van der Waals surface area contributed by atoms with Gasteiger partial charge in [0.25, 0.3) is 5.91 Å². The van der Waals surface area contributed by atoms with Crippen molar-refractivity contribution in [3.05, 3.63) is 95.6 Å².